The third-order valence-electron chi connectivity index (χ3n) is 3.81. The fraction of sp³-hybridized carbons (Fsp3) is 0.375. The van der Waals surface area contributed by atoms with Gasteiger partial charge < -0.3 is 0 Å². The van der Waals surface area contributed by atoms with Gasteiger partial charge in [-0.1, -0.05) is 18.5 Å². The summed E-state index contributed by atoms with van der Waals surface area (Å²) in [7, 11) is 0. The molecule has 1 amide bonds. The summed E-state index contributed by atoms with van der Waals surface area (Å²) in [6.45, 7) is 4.13. The van der Waals surface area contributed by atoms with Crippen LogP contribution in [0, 0.1) is 5.92 Å². The molecule has 0 spiro atoms. The molecule has 22 heavy (non-hydrogen) atoms. The maximum absolute atomic E-state index is 12.3. The van der Waals surface area contributed by atoms with Crippen molar-refractivity contribution in [1.82, 2.24) is 5.43 Å². The predicted molar refractivity (Wildman–Crippen MR) is 94.5 cm³/mol. The average molecular weight is 353 g/mol. The van der Waals surface area contributed by atoms with E-state index in [0.717, 1.165) is 32.6 Å². The topological polar surface area (TPSA) is 41.5 Å². The Hall–Kier alpha value is -1.17. The van der Waals surface area contributed by atoms with Gasteiger partial charge in [0.2, 0.25) is 0 Å². The number of hydrogen-bond acceptors (Lipinski definition) is 4. The Kier molecular flexibility index (Phi) is 4.66. The van der Waals surface area contributed by atoms with Crippen LogP contribution in [0.15, 0.2) is 23.3 Å². The summed E-state index contributed by atoms with van der Waals surface area (Å²) in [6, 6.07) is 5.76. The van der Waals surface area contributed by atoms with Gasteiger partial charge in [0.05, 0.1) is 19.8 Å². The van der Waals surface area contributed by atoms with E-state index in [4.69, 9.17) is 11.6 Å². The van der Waals surface area contributed by atoms with E-state index < -0.39 is 0 Å². The Morgan fingerprint density at radius 1 is 1.36 bits per heavy atom. The lowest BCUT2D eigenvalue weighted by molar-refractivity contribution is 0.0959. The molecule has 116 valence electrons. The third kappa shape index (κ3) is 3.42. The van der Waals surface area contributed by atoms with Crippen LogP contribution in [0.2, 0.25) is 4.34 Å². The van der Waals surface area contributed by atoms with Crippen LogP contribution in [0.5, 0.6) is 0 Å². The molecule has 0 saturated heterocycles. The Bertz CT molecular complexity index is 732. The molecule has 1 N–H and O–H groups in total. The van der Waals surface area contributed by atoms with Crippen molar-refractivity contribution in [3.63, 3.8) is 0 Å². The van der Waals surface area contributed by atoms with Gasteiger partial charge in [0.1, 0.15) is 0 Å². The van der Waals surface area contributed by atoms with E-state index in [1.54, 1.807) is 11.3 Å². The number of nitrogens with one attached hydrogen (secondary N) is 1. The van der Waals surface area contributed by atoms with E-state index in [1.807, 2.05) is 25.1 Å². The van der Waals surface area contributed by atoms with Crippen molar-refractivity contribution in [2.45, 2.75) is 33.1 Å². The zero-order valence-corrected chi connectivity index (χ0v) is 14.9. The molecular weight excluding hydrogens is 336 g/mol. The highest BCUT2D eigenvalue weighted by Crippen LogP contribution is 2.32. The van der Waals surface area contributed by atoms with Gasteiger partial charge in [-0.15, -0.1) is 22.7 Å². The lowest BCUT2D eigenvalue weighted by atomic mass is 9.90. The van der Waals surface area contributed by atoms with Gasteiger partial charge in [-0.2, -0.15) is 5.10 Å². The summed E-state index contributed by atoms with van der Waals surface area (Å²) in [5.41, 5.74) is 4.75. The molecule has 0 aliphatic heterocycles. The molecular formula is C16H17ClN2OS2. The smallest absolute Gasteiger partial charge is 0.266 e. The van der Waals surface area contributed by atoms with Crippen molar-refractivity contribution in [1.29, 1.82) is 0 Å². The molecule has 0 bridgehead atoms. The van der Waals surface area contributed by atoms with E-state index in [0.29, 0.717) is 5.92 Å². The normalized spacial score (nSPS) is 18.1. The Labute approximate surface area is 143 Å². The van der Waals surface area contributed by atoms with Gasteiger partial charge in [-0.3, -0.25) is 4.79 Å². The molecule has 1 atom stereocenters. The monoisotopic (exact) mass is 352 g/mol. The molecule has 0 saturated carbocycles. The minimum absolute atomic E-state index is 0.131. The van der Waals surface area contributed by atoms with E-state index in [-0.39, 0.29) is 5.91 Å². The number of hydrogen-bond donors (Lipinski definition) is 1. The van der Waals surface area contributed by atoms with E-state index in [2.05, 4.69) is 17.5 Å². The predicted octanol–water partition coefficient (Wildman–Crippen LogP) is 4.74. The van der Waals surface area contributed by atoms with Crippen LogP contribution in [-0.4, -0.2) is 11.6 Å². The summed E-state index contributed by atoms with van der Waals surface area (Å²) in [5.74, 6) is 0.580. The number of amides is 1. The van der Waals surface area contributed by atoms with E-state index in [1.165, 1.54) is 28.2 Å². The number of rotatable bonds is 3. The van der Waals surface area contributed by atoms with E-state index in [9.17, 15) is 4.79 Å². The zero-order valence-electron chi connectivity index (χ0n) is 12.5. The Balaban J connectivity index is 1.70. The minimum atomic E-state index is -0.131. The average Bonchev–Trinajstić information content (AvgIpc) is 3.10. The number of nitrogens with zero attached hydrogens (tertiary/aromatic N) is 1. The second-order valence-electron chi connectivity index (χ2n) is 5.65. The van der Waals surface area contributed by atoms with Crippen LogP contribution >= 0.6 is 34.3 Å². The van der Waals surface area contributed by atoms with Crippen molar-refractivity contribution in [3.8, 4) is 0 Å². The highest BCUT2D eigenvalue weighted by Gasteiger charge is 2.20. The van der Waals surface area contributed by atoms with Crippen LogP contribution in [0.4, 0.5) is 0 Å². The highest BCUT2D eigenvalue weighted by atomic mass is 35.5. The molecule has 2 aromatic rings. The standard InChI is InChI=1S/C16H17ClN2OS2/c1-9-3-4-13-11(7-9)8-14(21-13)16(20)19-18-10(2)12-5-6-15(17)22-12/h5-6,8-9H,3-4,7H2,1-2H3,(H,19,20)/b18-10-/t9-/m0/s1. The summed E-state index contributed by atoms with van der Waals surface area (Å²) < 4.78 is 0.718. The van der Waals surface area contributed by atoms with Crippen LogP contribution in [0.1, 0.15) is 45.3 Å². The number of fused-ring (bicyclic) bond motifs is 1. The lowest BCUT2D eigenvalue weighted by Crippen LogP contribution is -2.17. The number of thiophene rings is 2. The first kappa shape index (κ1) is 15.7. The lowest BCUT2D eigenvalue weighted by Gasteiger charge is -2.16. The van der Waals surface area contributed by atoms with E-state index >= 15 is 0 Å². The Morgan fingerprint density at radius 2 is 2.18 bits per heavy atom. The summed E-state index contributed by atoms with van der Waals surface area (Å²) in [5, 5.41) is 4.18. The second kappa shape index (κ2) is 6.52. The fourth-order valence-electron chi connectivity index (χ4n) is 2.57. The van der Waals surface area contributed by atoms with Crippen molar-refractivity contribution in [2.75, 3.05) is 0 Å². The molecule has 0 radical (unpaired) electrons. The van der Waals surface area contributed by atoms with Gasteiger partial charge >= 0.3 is 0 Å². The maximum atomic E-state index is 12.3. The molecule has 0 aromatic carbocycles. The minimum Gasteiger partial charge on any atom is -0.266 e. The summed E-state index contributed by atoms with van der Waals surface area (Å²) in [4.78, 5) is 15.3. The van der Waals surface area contributed by atoms with Crippen LogP contribution in [0.25, 0.3) is 0 Å². The quantitative estimate of drug-likeness (QED) is 0.629. The van der Waals surface area contributed by atoms with Gasteiger partial charge in [0.15, 0.2) is 0 Å². The van der Waals surface area contributed by atoms with Gasteiger partial charge in [-0.05, 0) is 55.9 Å². The summed E-state index contributed by atoms with van der Waals surface area (Å²) >= 11 is 8.96. The number of carbonyl (C=O) groups excluding carboxylic acids is 1. The third-order valence-corrected chi connectivity index (χ3v) is 6.38. The molecule has 0 unspecified atom stereocenters. The van der Waals surface area contributed by atoms with Gasteiger partial charge in [0.25, 0.3) is 5.91 Å². The number of halogens is 1. The van der Waals surface area contributed by atoms with Crippen molar-refractivity contribution >= 4 is 45.9 Å². The van der Waals surface area contributed by atoms with Crippen molar-refractivity contribution in [3.05, 3.63) is 42.7 Å². The first-order valence-corrected chi connectivity index (χ1v) is 9.26. The van der Waals surface area contributed by atoms with Crippen LogP contribution in [0.3, 0.4) is 0 Å². The maximum Gasteiger partial charge on any atom is 0.281 e. The first-order valence-electron chi connectivity index (χ1n) is 7.25. The highest BCUT2D eigenvalue weighted by molar-refractivity contribution is 7.18. The molecule has 2 aromatic heterocycles. The van der Waals surface area contributed by atoms with Gasteiger partial charge in [-0.25, -0.2) is 5.43 Å². The number of hydrazone groups is 1. The van der Waals surface area contributed by atoms with Crippen molar-refractivity contribution in [2.24, 2.45) is 11.0 Å². The van der Waals surface area contributed by atoms with Crippen LogP contribution < -0.4 is 5.43 Å². The molecule has 2 heterocycles. The van der Waals surface area contributed by atoms with Crippen LogP contribution in [-0.2, 0) is 12.8 Å². The number of carbonyl (C=O) groups is 1. The van der Waals surface area contributed by atoms with Gasteiger partial charge in [0, 0.05) is 4.88 Å². The SMILES string of the molecule is C/C(=N/NC(=O)c1cc2c(s1)CC[C@H](C)C2)c1ccc(Cl)s1. The molecule has 1 aliphatic rings. The Morgan fingerprint density at radius 3 is 2.91 bits per heavy atom. The second-order valence-corrected chi connectivity index (χ2v) is 8.50. The number of aryl methyl sites for hydroxylation is 1. The molecule has 1 aliphatic carbocycles. The molecule has 0 fully saturated rings. The largest absolute Gasteiger partial charge is 0.281 e. The summed E-state index contributed by atoms with van der Waals surface area (Å²) in [6.07, 6.45) is 3.38. The van der Waals surface area contributed by atoms with Crippen molar-refractivity contribution < 1.29 is 4.79 Å². The molecule has 3 nitrogen and oxygen atoms in total. The molecule has 3 rings (SSSR count). The molecule has 6 heteroatoms. The zero-order chi connectivity index (χ0) is 15.7. The fourth-order valence-corrected chi connectivity index (χ4v) is 4.66. The first-order chi connectivity index (χ1) is 10.5.